The smallest absolute Gasteiger partial charge is 0.264 e. The fraction of sp³-hybridized carbons (Fsp3) is 0. The van der Waals surface area contributed by atoms with Gasteiger partial charge < -0.3 is 10.4 Å². The van der Waals surface area contributed by atoms with Crippen molar-refractivity contribution in [2.24, 2.45) is 4.99 Å². The van der Waals surface area contributed by atoms with E-state index in [0.29, 0.717) is 35.8 Å². The van der Waals surface area contributed by atoms with E-state index in [1.54, 1.807) is 36.4 Å². The van der Waals surface area contributed by atoms with Gasteiger partial charge in [-0.15, -0.1) is 0 Å². The lowest BCUT2D eigenvalue weighted by molar-refractivity contribution is -0.115. The number of benzene rings is 2. The summed E-state index contributed by atoms with van der Waals surface area (Å²) < 4.78 is 0.454. The van der Waals surface area contributed by atoms with E-state index in [1.807, 2.05) is 6.07 Å². The molecule has 0 atom stereocenters. The van der Waals surface area contributed by atoms with E-state index in [-0.39, 0.29) is 11.7 Å². The van der Waals surface area contributed by atoms with Crippen molar-refractivity contribution in [3.8, 4) is 5.75 Å². The number of amides is 1. The van der Waals surface area contributed by atoms with E-state index >= 15 is 0 Å². The number of carbonyl (C=O) groups excluding carboxylic acids is 1. The van der Waals surface area contributed by atoms with Gasteiger partial charge in [-0.3, -0.25) is 4.79 Å². The van der Waals surface area contributed by atoms with E-state index in [9.17, 15) is 9.90 Å². The third-order valence-corrected chi connectivity index (χ3v) is 5.12. The predicted octanol–water partition coefficient (Wildman–Crippen LogP) is 5.35. The Morgan fingerprint density at radius 1 is 1.25 bits per heavy atom. The number of aromatic hydroxyl groups is 1. The molecule has 1 amide bonds. The van der Waals surface area contributed by atoms with Crippen LogP contribution in [0.2, 0.25) is 10.0 Å². The zero-order chi connectivity index (χ0) is 17.3. The van der Waals surface area contributed by atoms with Crippen LogP contribution in [0.25, 0.3) is 6.08 Å². The summed E-state index contributed by atoms with van der Waals surface area (Å²) in [6, 6.07) is 10.2. The average Bonchev–Trinajstić information content (AvgIpc) is 2.86. The zero-order valence-corrected chi connectivity index (χ0v) is 15.8. The molecular formula is C16H9BrCl2N2O2S. The topological polar surface area (TPSA) is 61.7 Å². The maximum absolute atomic E-state index is 12.1. The molecule has 1 aliphatic rings. The number of hydrogen-bond donors (Lipinski definition) is 2. The van der Waals surface area contributed by atoms with Gasteiger partial charge in [0.1, 0.15) is 5.75 Å². The second kappa shape index (κ2) is 7.19. The number of nitrogens with zero attached hydrogens (tertiary/aromatic N) is 1. The van der Waals surface area contributed by atoms with Crippen LogP contribution in [0.1, 0.15) is 5.56 Å². The quantitative estimate of drug-likeness (QED) is 0.614. The van der Waals surface area contributed by atoms with Gasteiger partial charge in [0.2, 0.25) is 0 Å². The van der Waals surface area contributed by atoms with Crippen molar-refractivity contribution in [1.82, 2.24) is 5.32 Å². The molecule has 0 radical (unpaired) electrons. The van der Waals surface area contributed by atoms with Crippen molar-refractivity contribution in [3.63, 3.8) is 0 Å². The van der Waals surface area contributed by atoms with Crippen LogP contribution in [-0.2, 0) is 4.79 Å². The van der Waals surface area contributed by atoms with E-state index < -0.39 is 0 Å². The minimum absolute atomic E-state index is 0.0109. The first-order chi connectivity index (χ1) is 11.4. The number of hydrogen-bond acceptors (Lipinski definition) is 4. The highest BCUT2D eigenvalue weighted by Gasteiger charge is 2.24. The van der Waals surface area contributed by atoms with Crippen molar-refractivity contribution in [1.29, 1.82) is 0 Å². The lowest BCUT2D eigenvalue weighted by Crippen LogP contribution is -2.19. The van der Waals surface area contributed by atoms with Gasteiger partial charge in [-0.05, 0) is 58.0 Å². The highest BCUT2D eigenvalue weighted by atomic mass is 79.9. The number of phenols is 1. The van der Waals surface area contributed by atoms with Crippen LogP contribution in [0.5, 0.6) is 5.75 Å². The molecule has 1 saturated heterocycles. The van der Waals surface area contributed by atoms with Gasteiger partial charge in [-0.25, -0.2) is 4.99 Å². The zero-order valence-electron chi connectivity index (χ0n) is 11.9. The van der Waals surface area contributed by atoms with Crippen LogP contribution in [0.3, 0.4) is 0 Å². The fourth-order valence-electron chi connectivity index (χ4n) is 1.97. The fourth-order valence-corrected chi connectivity index (χ4v) is 3.81. The number of nitrogens with one attached hydrogen (secondary N) is 1. The van der Waals surface area contributed by atoms with Crippen molar-refractivity contribution in [2.75, 3.05) is 0 Å². The van der Waals surface area contributed by atoms with Crippen molar-refractivity contribution in [2.45, 2.75) is 0 Å². The van der Waals surface area contributed by atoms with Crippen LogP contribution in [-0.4, -0.2) is 16.2 Å². The monoisotopic (exact) mass is 442 g/mol. The van der Waals surface area contributed by atoms with Crippen LogP contribution >= 0.6 is 50.9 Å². The van der Waals surface area contributed by atoms with Gasteiger partial charge in [0.05, 0.1) is 20.1 Å². The maximum Gasteiger partial charge on any atom is 0.264 e. The number of aliphatic imine (C=N–C) groups is 1. The first-order valence-electron chi connectivity index (χ1n) is 6.66. The number of halogens is 3. The Labute approximate surface area is 160 Å². The Balaban J connectivity index is 1.92. The van der Waals surface area contributed by atoms with Crippen LogP contribution < -0.4 is 5.32 Å². The van der Waals surface area contributed by atoms with Crippen molar-refractivity contribution >= 4 is 73.7 Å². The van der Waals surface area contributed by atoms with Gasteiger partial charge in [-0.2, -0.15) is 0 Å². The molecule has 122 valence electrons. The average molecular weight is 444 g/mol. The standard InChI is InChI=1S/C16H9BrCl2N2O2S/c17-10-7-9(18)5-8(14(10)22)6-13-15(23)21-16(24-13)20-12-4-2-1-3-11(12)19/h1-7,22H,(H,20,21,23)/b13-6-. The second-order valence-electron chi connectivity index (χ2n) is 4.76. The minimum Gasteiger partial charge on any atom is -0.506 e. The minimum atomic E-state index is -0.304. The Kier molecular flexibility index (Phi) is 5.20. The highest BCUT2D eigenvalue weighted by Crippen LogP contribution is 2.36. The van der Waals surface area contributed by atoms with E-state index in [4.69, 9.17) is 23.2 Å². The molecule has 0 spiro atoms. The number of amidine groups is 1. The van der Waals surface area contributed by atoms with E-state index in [0.717, 1.165) is 11.8 Å². The van der Waals surface area contributed by atoms with E-state index in [1.165, 1.54) is 0 Å². The summed E-state index contributed by atoms with van der Waals surface area (Å²) in [5.74, 6) is -0.293. The molecule has 1 fully saturated rings. The molecule has 0 aliphatic carbocycles. The van der Waals surface area contributed by atoms with E-state index in [2.05, 4.69) is 26.2 Å². The number of thioether (sulfide) groups is 1. The Morgan fingerprint density at radius 3 is 2.75 bits per heavy atom. The Morgan fingerprint density at radius 2 is 2.00 bits per heavy atom. The number of rotatable bonds is 2. The van der Waals surface area contributed by atoms with Gasteiger partial charge in [-0.1, -0.05) is 35.3 Å². The highest BCUT2D eigenvalue weighted by molar-refractivity contribution is 9.10. The summed E-state index contributed by atoms with van der Waals surface area (Å²) in [7, 11) is 0. The molecule has 2 N–H and O–H groups in total. The molecule has 24 heavy (non-hydrogen) atoms. The van der Waals surface area contributed by atoms with Gasteiger partial charge >= 0.3 is 0 Å². The molecule has 0 unspecified atom stereocenters. The molecule has 0 aromatic heterocycles. The third-order valence-electron chi connectivity index (χ3n) is 3.07. The normalized spacial score (nSPS) is 17.5. The van der Waals surface area contributed by atoms with Gasteiger partial charge in [0.25, 0.3) is 5.91 Å². The number of phenolic OH excluding ortho intramolecular Hbond substituents is 1. The molecule has 3 rings (SSSR count). The molecule has 4 nitrogen and oxygen atoms in total. The van der Waals surface area contributed by atoms with Gasteiger partial charge in [0.15, 0.2) is 5.17 Å². The Hall–Kier alpha value is -1.47. The second-order valence-corrected chi connectivity index (χ2v) is 7.49. The molecule has 1 aliphatic heterocycles. The number of carbonyl (C=O) groups is 1. The Bertz CT molecular complexity index is 900. The summed E-state index contributed by atoms with van der Waals surface area (Å²) in [5.41, 5.74) is 1.00. The van der Waals surface area contributed by atoms with Crippen LogP contribution in [0.4, 0.5) is 5.69 Å². The van der Waals surface area contributed by atoms with Gasteiger partial charge in [0, 0.05) is 10.6 Å². The van der Waals surface area contributed by atoms with Crippen molar-refractivity contribution in [3.05, 3.63) is 61.4 Å². The summed E-state index contributed by atoms with van der Waals surface area (Å²) in [4.78, 5) is 16.8. The molecule has 1 heterocycles. The SMILES string of the molecule is O=C1NC(=Nc2ccccc2Cl)S/C1=C\c1cc(Cl)cc(Br)c1O. The molecule has 0 bridgehead atoms. The maximum atomic E-state index is 12.1. The summed E-state index contributed by atoms with van der Waals surface area (Å²) in [5, 5.41) is 14.1. The first-order valence-corrected chi connectivity index (χ1v) is 9.02. The van der Waals surface area contributed by atoms with Crippen LogP contribution in [0, 0.1) is 0 Å². The lowest BCUT2D eigenvalue weighted by Gasteiger charge is -2.03. The summed E-state index contributed by atoms with van der Waals surface area (Å²) >= 11 is 16.4. The largest absolute Gasteiger partial charge is 0.506 e. The van der Waals surface area contributed by atoms with Crippen molar-refractivity contribution < 1.29 is 9.90 Å². The molecule has 8 heteroatoms. The molecule has 0 saturated carbocycles. The lowest BCUT2D eigenvalue weighted by atomic mass is 10.2. The summed E-state index contributed by atoms with van der Waals surface area (Å²) in [6.07, 6.45) is 1.56. The molecule has 2 aromatic rings. The first kappa shape index (κ1) is 17.4. The molecular weight excluding hydrogens is 435 g/mol. The summed E-state index contributed by atoms with van der Waals surface area (Å²) in [6.45, 7) is 0. The van der Waals surface area contributed by atoms with Crippen LogP contribution in [0.15, 0.2) is 50.8 Å². The third kappa shape index (κ3) is 3.78. The predicted molar refractivity (Wildman–Crippen MR) is 103 cm³/mol. The molecule has 2 aromatic carbocycles. The number of para-hydroxylation sites is 1.